The molecule has 2 unspecified atom stereocenters. The average molecular weight is 327 g/mol. The van der Waals surface area contributed by atoms with Crippen LogP contribution in [0.5, 0.6) is 0 Å². The van der Waals surface area contributed by atoms with Crippen LogP contribution in [0.1, 0.15) is 24.2 Å². The van der Waals surface area contributed by atoms with Gasteiger partial charge in [0.15, 0.2) is 5.12 Å². The molecule has 0 amide bonds. The van der Waals surface area contributed by atoms with Crippen LogP contribution in [0.25, 0.3) is 0 Å². The third-order valence-electron chi connectivity index (χ3n) is 2.72. The Bertz CT molecular complexity index is 448. The summed E-state index contributed by atoms with van der Waals surface area (Å²) in [6, 6.07) is 4.08. The van der Waals surface area contributed by atoms with Gasteiger partial charge in [0.2, 0.25) is 0 Å². The number of carbonyl (C=O) groups excluding carboxylic acids is 1. The van der Waals surface area contributed by atoms with Crippen molar-refractivity contribution < 1.29 is 23.1 Å². The maximum Gasteiger partial charge on any atom is 0.416 e. The Morgan fingerprint density at radius 1 is 1.35 bits per heavy atom. The zero-order chi connectivity index (χ0) is 15.3. The SMILES string of the molecule is CCSC(=O)C(CCl)C(O)c1ccc(C(F)(F)F)cc1. The second-order valence-corrected chi connectivity index (χ2v) is 5.65. The molecule has 0 bridgehead atoms. The van der Waals surface area contributed by atoms with Crippen molar-refractivity contribution >= 4 is 28.5 Å². The Morgan fingerprint density at radius 3 is 2.30 bits per heavy atom. The van der Waals surface area contributed by atoms with Crippen LogP contribution in [0.4, 0.5) is 13.2 Å². The summed E-state index contributed by atoms with van der Waals surface area (Å²) in [5.41, 5.74) is -0.557. The van der Waals surface area contributed by atoms with Crippen molar-refractivity contribution in [3.63, 3.8) is 0 Å². The minimum atomic E-state index is -4.43. The number of rotatable bonds is 5. The van der Waals surface area contributed by atoms with Gasteiger partial charge in [-0.15, -0.1) is 11.6 Å². The van der Waals surface area contributed by atoms with Crippen molar-refractivity contribution in [3.05, 3.63) is 35.4 Å². The van der Waals surface area contributed by atoms with Gasteiger partial charge in [-0.2, -0.15) is 13.2 Å². The summed E-state index contributed by atoms with van der Waals surface area (Å²) in [4.78, 5) is 11.8. The minimum Gasteiger partial charge on any atom is -0.388 e. The molecule has 20 heavy (non-hydrogen) atoms. The Balaban J connectivity index is 2.90. The predicted molar refractivity (Wildman–Crippen MR) is 73.8 cm³/mol. The molecule has 0 aliphatic rings. The quantitative estimate of drug-likeness (QED) is 0.835. The largest absolute Gasteiger partial charge is 0.416 e. The molecule has 2 atom stereocenters. The molecule has 0 aromatic heterocycles. The smallest absolute Gasteiger partial charge is 0.388 e. The fourth-order valence-corrected chi connectivity index (χ4v) is 2.74. The van der Waals surface area contributed by atoms with Gasteiger partial charge in [-0.25, -0.2) is 0 Å². The summed E-state index contributed by atoms with van der Waals surface area (Å²) >= 11 is 6.70. The lowest BCUT2D eigenvalue weighted by Crippen LogP contribution is -2.22. The maximum atomic E-state index is 12.4. The van der Waals surface area contributed by atoms with Crippen LogP contribution < -0.4 is 0 Å². The van der Waals surface area contributed by atoms with Gasteiger partial charge in [-0.3, -0.25) is 4.79 Å². The van der Waals surface area contributed by atoms with Gasteiger partial charge in [-0.05, 0) is 23.4 Å². The monoisotopic (exact) mass is 326 g/mol. The summed E-state index contributed by atoms with van der Waals surface area (Å²) < 4.78 is 37.3. The zero-order valence-corrected chi connectivity index (χ0v) is 12.2. The predicted octanol–water partition coefficient (Wildman–Crippen LogP) is 3.87. The van der Waals surface area contributed by atoms with Crippen LogP contribution in [0, 0.1) is 5.92 Å². The van der Waals surface area contributed by atoms with Crippen molar-refractivity contribution in [3.8, 4) is 0 Å². The lowest BCUT2D eigenvalue weighted by Gasteiger charge is -2.19. The Kier molecular flexibility index (Phi) is 6.36. The molecule has 0 aliphatic heterocycles. The first-order valence-electron chi connectivity index (χ1n) is 5.89. The van der Waals surface area contributed by atoms with Crippen molar-refractivity contribution in [2.24, 2.45) is 5.92 Å². The summed E-state index contributed by atoms with van der Waals surface area (Å²) in [5.74, 6) is -0.377. The van der Waals surface area contributed by atoms with E-state index in [1.165, 1.54) is 0 Å². The van der Waals surface area contributed by atoms with Gasteiger partial charge in [0.05, 0.1) is 17.6 Å². The van der Waals surface area contributed by atoms with Gasteiger partial charge in [-0.1, -0.05) is 30.8 Å². The van der Waals surface area contributed by atoms with Gasteiger partial charge < -0.3 is 5.11 Å². The molecule has 0 saturated heterocycles. The molecule has 1 N–H and O–H groups in total. The zero-order valence-electron chi connectivity index (χ0n) is 10.7. The number of benzene rings is 1. The standard InChI is InChI=1S/C13H14ClF3O2S/c1-2-20-12(19)10(7-14)11(18)8-3-5-9(6-4-8)13(15,16)17/h3-6,10-11,18H,2,7H2,1H3. The molecule has 0 aliphatic carbocycles. The van der Waals surface area contributed by atoms with Crippen molar-refractivity contribution in [1.29, 1.82) is 0 Å². The summed E-state index contributed by atoms with van der Waals surface area (Å²) in [6.07, 6.45) is -5.63. The van der Waals surface area contributed by atoms with E-state index in [-0.39, 0.29) is 16.6 Å². The third-order valence-corrected chi connectivity index (χ3v) is 3.92. The second kappa shape index (κ2) is 7.33. The average Bonchev–Trinajstić information content (AvgIpc) is 2.39. The first-order chi connectivity index (χ1) is 9.31. The molecule has 0 spiro atoms. The van der Waals surface area contributed by atoms with Gasteiger partial charge >= 0.3 is 6.18 Å². The number of hydrogen-bond acceptors (Lipinski definition) is 3. The Morgan fingerprint density at radius 2 is 1.90 bits per heavy atom. The number of aliphatic hydroxyl groups is 1. The molecular formula is C13H14ClF3O2S. The highest BCUT2D eigenvalue weighted by molar-refractivity contribution is 8.13. The molecular weight excluding hydrogens is 313 g/mol. The van der Waals surface area contributed by atoms with Crippen LogP contribution in [-0.2, 0) is 11.0 Å². The van der Waals surface area contributed by atoms with Crippen LogP contribution in [0.3, 0.4) is 0 Å². The van der Waals surface area contributed by atoms with E-state index in [1.54, 1.807) is 6.92 Å². The minimum absolute atomic E-state index is 0.0893. The maximum absolute atomic E-state index is 12.4. The van der Waals surface area contributed by atoms with Gasteiger partial charge in [0, 0.05) is 5.88 Å². The van der Waals surface area contributed by atoms with Crippen molar-refractivity contribution in [1.82, 2.24) is 0 Å². The van der Waals surface area contributed by atoms with E-state index in [0.717, 1.165) is 36.0 Å². The molecule has 1 aromatic rings. The number of hydrogen-bond donors (Lipinski definition) is 1. The number of thioether (sulfide) groups is 1. The second-order valence-electron chi connectivity index (χ2n) is 4.08. The molecule has 1 aromatic carbocycles. The van der Waals surface area contributed by atoms with E-state index >= 15 is 0 Å². The molecule has 0 saturated carbocycles. The number of halogens is 4. The van der Waals surface area contributed by atoms with Crippen LogP contribution >= 0.6 is 23.4 Å². The normalized spacial score (nSPS) is 14.9. The fraction of sp³-hybridized carbons (Fsp3) is 0.462. The Hall–Kier alpha value is -0.720. The highest BCUT2D eigenvalue weighted by atomic mass is 35.5. The van der Waals surface area contributed by atoms with Crippen LogP contribution in [0.15, 0.2) is 24.3 Å². The van der Waals surface area contributed by atoms with Crippen molar-refractivity contribution in [2.75, 3.05) is 11.6 Å². The molecule has 112 valence electrons. The first kappa shape index (κ1) is 17.3. The third kappa shape index (κ3) is 4.40. The molecule has 7 heteroatoms. The topological polar surface area (TPSA) is 37.3 Å². The van der Waals surface area contributed by atoms with Gasteiger partial charge in [0.1, 0.15) is 0 Å². The molecule has 0 fully saturated rings. The van der Waals surface area contributed by atoms with E-state index in [2.05, 4.69) is 0 Å². The highest BCUT2D eigenvalue weighted by Gasteiger charge is 2.31. The summed E-state index contributed by atoms with van der Waals surface area (Å²) in [6.45, 7) is 1.79. The molecule has 2 nitrogen and oxygen atoms in total. The van der Waals surface area contributed by atoms with E-state index in [4.69, 9.17) is 11.6 Å². The van der Waals surface area contributed by atoms with E-state index in [1.807, 2.05) is 0 Å². The Labute approximate surface area is 124 Å². The summed E-state index contributed by atoms with van der Waals surface area (Å²) in [7, 11) is 0. The highest BCUT2D eigenvalue weighted by Crippen LogP contribution is 2.32. The van der Waals surface area contributed by atoms with E-state index in [0.29, 0.717) is 5.75 Å². The molecule has 0 radical (unpaired) electrons. The molecule has 1 rings (SSSR count). The fourth-order valence-electron chi connectivity index (χ4n) is 1.63. The number of carbonyl (C=O) groups is 1. The lowest BCUT2D eigenvalue weighted by atomic mass is 9.97. The van der Waals surface area contributed by atoms with Crippen LogP contribution in [0.2, 0.25) is 0 Å². The van der Waals surface area contributed by atoms with E-state index < -0.39 is 23.8 Å². The first-order valence-corrected chi connectivity index (χ1v) is 7.41. The molecule has 0 heterocycles. The number of aliphatic hydroxyl groups excluding tert-OH is 1. The number of alkyl halides is 4. The van der Waals surface area contributed by atoms with Crippen LogP contribution in [-0.4, -0.2) is 21.9 Å². The summed E-state index contributed by atoms with van der Waals surface area (Å²) in [5, 5.41) is 9.80. The van der Waals surface area contributed by atoms with E-state index in [9.17, 15) is 23.1 Å². The van der Waals surface area contributed by atoms with Crippen molar-refractivity contribution in [2.45, 2.75) is 19.2 Å². The van der Waals surface area contributed by atoms with Gasteiger partial charge in [0.25, 0.3) is 0 Å². The lowest BCUT2D eigenvalue weighted by molar-refractivity contribution is -0.137.